The molecule has 4 nitrogen and oxygen atoms in total. The third-order valence-corrected chi connectivity index (χ3v) is 5.30. The van der Waals surface area contributed by atoms with Crippen molar-refractivity contribution in [1.82, 2.24) is 5.32 Å². The van der Waals surface area contributed by atoms with Crippen LogP contribution in [0.25, 0.3) is 0 Å². The number of rotatable bonds is 9. The minimum absolute atomic E-state index is 0.0572. The highest BCUT2D eigenvalue weighted by Crippen LogP contribution is 2.25. The molecule has 1 aliphatic carbocycles. The molecule has 1 N–H and O–H groups in total. The van der Waals surface area contributed by atoms with E-state index in [0.717, 1.165) is 29.5 Å². The normalized spacial score (nSPS) is 19.3. The molecule has 4 heteroatoms. The first kappa shape index (κ1) is 20.6. The van der Waals surface area contributed by atoms with Crippen LogP contribution in [0.2, 0.25) is 0 Å². The first-order valence-corrected chi connectivity index (χ1v) is 10.3. The van der Waals surface area contributed by atoms with Crippen LogP contribution >= 0.6 is 0 Å². The molecular formula is C24H31NO3. The molecule has 0 aromatic heterocycles. The first-order valence-electron chi connectivity index (χ1n) is 10.3. The van der Waals surface area contributed by atoms with E-state index in [2.05, 4.69) is 24.4 Å². The number of ether oxygens (including phenoxy) is 2. The average molecular weight is 382 g/mol. The van der Waals surface area contributed by atoms with E-state index in [1.807, 2.05) is 42.5 Å². The van der Waals surface area contributed by atoms with Gasteiger partial charge < -0.3 is 14.8 Å². The third kappa shape index (κ3) is 6.77. The van der Waals surface area contributed by atoms with Crippen molar-refractivity contribution in [1.29, 1.82) is 0 Å². The molecule has 150 valence electrons. The van der Waals surface area contributed by atoms with E-state index in [0.29, 0.717) is 25.7 Å². The Balaban J connectivity index is 1.41. The Hall–Kier alpha value is -2.17. The van der Waals surface area contributed by atoms with Crippen molar-refractivity contribution in [3.63, 3.8) is 0 Å². The van der Waals surface area contributed by atoms with Gasteiger partial charge in [-0.05, 0) is 35.4 Å². The minimum Gasteiger partial charge on any atom is -0.372 e. The molecule has 1 amide bonds. The molecule has 0 radical (unpaired) electrons. The van der Waals surface area contributed by atoms with E-state index in [1.165, 1.54) is 12.8 Å². The van der Waals surface area contributed by atoms with E-state index in [4.69, 9.17) is 9.47 Å². The SMILES string of the molecule is CC1CCCC(OCC(=O)NCc2ccccc2COCc2ccccc2)C1. The Morgan fingerprint density at radius 3 is 2.54 bits per heavy atom. The van der Waals surface area contributed by atoms with Gasteiger partial charge >= 0.3 is 0 Å². The van der Waals surface area contributed by atoms with Gasteiger partial charge in [-0.15, -0.1) is 0 Å². The molecule has 2 unspecified atom stereocenters. The minimum atomic E-state index is -0.0572. The summed E-state index contributed by atoms with van der Waals surface area (Å²) >= 11 is 0. The highest BCUT2D eigenvalue weighted by molar-refractivity contribution is 5.77. The topological polar surface area (TPSA) is 47.6 Å². The zero-order valence-corrected chi connectivity index (χ0v) is 16.7. The zero-order valence-electron chi connectivity index (χ0n) is 16.7. The van der Waals surface area contributed by atoms with Crippen molar-refractivity contribution in [2.24, 2.45) is 5.92 Å². The van der Waals surface area contributed by atoms with Crippen molar-refractivity contribution in [3.8, 4) is 0 Å². The largest absolute Gasteiger partial charge is 0.372 e. The Bertz CT molecular complexity index is 732. The fourth-order valence-corrected chi connectivity index (χ4v) is 3.69. The van der Waals surface area contributed by atoms with Gasteiger partial charge in [0.05, 0.1) is 19.3 Å². The number of hydrogen-bond acceptors (Lipinski definition) is 3. The van der Waals surface area contributed by atoms with Crippen LogP contribution in [0.15, 0.2) is 54.6 Å². The van der Waals surface area contributed by atoms with Gasteiger partial charge in [0.15, 0.2) is 0 Å². The summed E-state index contributed by atoms with van der Waals surface area (Å²) in [6.07, 6.45) is 4.83. The molecule has 0 saturated heterocycles. The van der Waals surface area contributed by atoms with E-state index >= 15 is 0 Å². The van der Waals surface area contributed by atoms with Crippen LogP contribution in [0, 0.1) is 5.92 Å². The van der Waals surface area contributed by atoms with Gasteiger partial charge in [0, 0.05) is 6.54 Å². The lowest BCUT2D eigenvalue weighted by Crippen LogP contribution is -2.31. The monoisotopic (exact) mass is 381 g/mol. The number of carbonyl (C=O) groups is 1. The fraction of sp³-hybridized carbons (Fsp3) is 0.458. The van der Waals surface area contributed by atoms with Crippen LogP contribution in [0.1, 0.15) is 49.3 Å². The van der Waals surface area contributed by atoms with Crippen LogP contribution in [0.4, 0.5) is 0 Å². The molecule has 2 atom stereocenters. The molecule has 0 aliphatic heterocycles. The predicted molar refractivity (Wildman–Crippen MR) is 111 cm³/mol. The molecule has 1 saturated carbocycles. The third-order valence-electron chi connectivity index (χ3n) is 5.30. The summed E-state index contributed by atoms with van der Waals surface area (Å²) in [6, 6.07) is 18.2. The highest BCUT2D eigenvalue weighted by Gasteiger charge is 2.20. The van der Waals surface area contributed by atoms with E-state index in [9.17, 15) is 4.79 Å². The van der Waals surface area contributed by atoms with Crippen LogP contribution in [0.3, 0.4) is 0 Å². The fourth-order valence-electron chi connectivity index (χ4n) is 3.69. The summed E-state index contributed by atoms with van der Waals surface area (Å²) in [5.74, 6) is 0.641. The van der Waals surface area contributed by atoms with Crippen molar-refractivity contribution in [3.05, 3.63) is 71.3 Å². The molecule has 1 aliphatic rings. The summed E-state index contributed by atoms with van der Waals surface area (Å²) in [4.78, 5) is 12.2. The maximum Gasteiger partial charge on any atom is 0.246 e. The Morgan fingerprint density at radius 2 is 1.75 bits per heavy atom. The standard InChI is InChI=1S/C24H31NO3/c1-19-8-7-13-23(14-19)28-18-24(26)25-15-21-11-5-6-12-22(21)17-27-16-20-9-3-2-4-10-20/h2-6,9-12,19,23H,7-8,13-18H2,1H3,(H,25,26). The second kappa shape index (κ2) is 11.0. The van der Waals surface area contributed by atoms with Crippen molar-refractivity contribution in [2.75, 3.05) is 6.61 Å². The molecular weight excluding hydrogens is 350 g/mol. The highest BCUT2D eigenvalue weighted by atomic mass is 16.5. The molecule has 0 spiro atoms. The summed E-state index contributed by atoms with van der Waals surface area (Å²) in [5, 5.41) is 2.98. The summed E-state index contributed by atoms with van der Waals surface area (Å²) in [7, 11) is 0. The summed E-state index contributed by atoms with van der Waals surface area (Å²) < 4.78 is 11.7. The van der Waals surface area contributed by atoms with Crippen LogP contribution < -0.4 is 5.32 Å². The van der Waals surface area contributed by atoms with Crippen molar-refractivity contribution < 1.29 is 14.3 Å². The molecule has 0 heterocycles. The van der Waals surface area contributed by atoms with Gasteiger partial charge in [0.2, 0.25) is 5.91 Å². The number of amides is 1. The lowest BCUT2D eigenvalue weighted by molar-refractivity contribution is -0.128. The second-order valence-electron chi connectivity index (χ2n) is 7.73. The maximum absolute atomic E-state index is 12.2. The molecule has 28 heavy (non-hydrogen) atoms. The number of nitrogens with one attached hydrogen (secondary N) is 1. The molecule has 0 bridgehead atoms. The van der Waals surface area contributed by atoms with Gasteiger partial charge in [0.25, 0.3) is 0 Å². The Kier molecular flexibility index (Phi) is 8.07. The number of benzene rings is 2. The van der Waals surface area contributed by atoms with Gasteiger partial charge in [-0.25, -0.2) is 0 Å². The second-order valence-corrected chi connectivity index (χ2v) is 7.73. The molecule has 2 aromatic rings. The molecule has 2 aromatic carbocycles. The molecule has 3 rings (SSSR count). The Morgan fingerprint density at radius 1 is 1.00 bits per heavy atom. The lowest BCUT2D eigenvalue weighted by Gasteiger charge is -2.26. The van der Waals surface area contributed by atoms with Crippen LogP contribution in [-0.2, 0) is 34.0 Å². The molecule has 1 fully saturated rings. The average Bonchev–Trinajstić information content (AvgIpc) is 2.72. The van der Waals surface area contributed by atoms with Crippen molar-refractivity contribution >= 4 is 5.91 Å². The van der Waals surface area contributed by atoms with Gasteiger partial charge in [0.1, 0.15) is 6.61 Å². The lowest BCUT2D eigenvalue weighted by atomic mass is 9.89. The zero-order chi connectivity index (χ0) is 19.6. The smallest absolute Gasteiger partial charge is 0.246 e. The van der Waals surface area contributed by atoms with E-state index < -0.39 is 0 Å². The predicted octanol–water partition coefficient (Wildman–Crippen LogP) is 4.61. The van der Waals surface area contributed by atoms with Gasteiger partial charge in [-0.2, -0.15) is 0 Å². The number of hydrogen-bond donors (Lipinski definition) is 1. The summed E-state index contributed by atoms with van der Waals surface area (Å²) in [5.41, 5.74) is 3.33. The first-order chi connectivity index (χ1) is 13.7. The van der Waals surface area contributed by atoms with Crippen LogP contribution in [0.5, 0.6) is 0 Å². The quantitative estimate of drug-likeness (QED) is 0.690. The van der Waals surface area contributed by atoms with E-state index in [-0.39, 0.29) is 18.6 Å². The van der Waals surface area contributed by atoms with Crippen molar-refractivity contribution in [2.45, 2.75) is 58.5 Å². The number of carbonyl (C=O) groups excluding carboxylic acids is 1. The maximum atomic E-state index is 12.2. The Labute approximate surface area is 168 Å². The van der Waals surface area contributed by atoms with Crippen LogP contribution in [-0.4, -0.2) is 18.6 Å². The van der Waals surface area contributed by atoms with Gasteiger partial charge in [-0.1, -0.05) is 74.4 Å². The van der Waals surface area contributed by atoms with Gasteiger partial charge in [-0.3, -0.25) is 4.79 Å². The van der Waals surface area contributed by atoms with E-state index in [1.54, 1.807) is 0 Å². The summed E-state index contributed by atoms with van der Waals surface area (Å²) in [6.45, 7) is 4.00.